The van der Waals surface area contributed by atoms with Crippen LogP contribution in [0.15, 0.2) is 27.2 Å². The van der Waals surface area contributed by atoms with Gasteiger partial charge in [-0.25, -0.2) is 4.39 Å². The standard InChI is InChI=1S/C12H13BrFN3O/c1-7(2)15-6-11-16-12(17-18-11)8-3-4-10(14)9(13)5-8/h3-5,7,15H,6H2,1-2H3. The van der Waals surface area contributed by atoms with E-state index < -0.39 is 0 Å². The molecular weight excluding hydrogens is 301 g/mol. The van der Waals surface area contributed by atoms with E-state index in [0.29, 0.717) is 34.3 Å². The summed E-state index contributed by atoms with van der Waals surface area (Å²) in [6, 6.07) is 4.95. The maximum absolute atomic E-state index is 13.1. The third-order valence-corrected chi connectivity index (χ3v) is 2.92. The highest BCUT2D eigenvalue weighted by molar-refractivity contribution is 9.10. The third kappa shape index (κ3) is 3.14. The molecule has 0 atom stereocenters. The minimum absolute atomic E-state index is 0.316. The topological polar surface area (TPSA) is 51.0 Å². The van der Waals surface area contributed by atoms with Gasteiger partial charge in [-0.15, -0.1) is 0 Å². The van der Waals surface area contributed by atoms with Crippen molar-refractivity contribution in [1.29, 1.82) is 0 Å². The van der Waals surface area contributed by atoms with Gasteiger partial charge in [0.25, 0.3) is 0 Å². The molecule has 2 aromatic rings. The molecule has 0 aliphatic carbocycles. The molecule has 96 valence electrons. The van der Waals surface area contributed by atoms with E-state index in [2.05, 4.69) is 31.4 Å². The van der Waals surface area contributed by atoms with Crippen LogP contribution >= 0.6 is 15.9 Å². The lowest BCUT2D eigenvalue weighted by Crippen LogP contribution is -2.21. The van der Waals surface area contributed by atoms with Gasteiger partial charge in [0.05, 0.1) is 11.0 Å². The number of benzene rings is 1. The van der Waals surface area contributed by atoms with E-state index in [-0.39, 0.29) is 5.82 Å². The predicted molar refractivity (Wildman–Crippen MR) is 69.4 cm³/mol. The summed E-state index contributed by atoms with van der Waals surface area (Å²) in [6.07, 6.45) is 0. The van der Waals surface area contributed by atoms with Crippen LogP contribution in [0.4, 0.5) is 4.39 Å². The van der Waals surface area contributed by atoms with Gasteiger partial charge in [0.2, 0.25) is 11.7 Å². The van der Waals surface area contributed by atoms with E-state index in [9.17, 15) is 4.39 Å². The zero-order valence-electron chi connectivity index (χ0n) is 10.1. The maximum atomic E-state index is 13.1. The summed E-state index contributed by atoms with van der Waals surface area (Å²) in [6.45, 7) is 4.59. The molecule has 0 bridgehead atoms. The van der Waals surface area contributed by atoms with Gasteiger partial charge >= 0.3 is 0 Å². The van der Waals surface area contributed by atoms with Crippen LogP contribution in [-0.4, -0.2) is 16.2 Å². The molecule has 1 aromatic carbocycles. The lowest BCUT2D eigenvalue weighted by atomic mass is 10.2. The molecule has 0 spiro atoms. The Morgan fingerprint density at radius 2 is 2.22 bits per heavy atom. The van der Waals surface area contributed by atoms with Gasteiger partial charge in [0, 0.05) is 11.6 Å². The average molecular weight is 314 g/mol. The number of nitrogens with zero attached hydrogens (tertiary/aromatic N) is 2. The van der Waals surface area contributed by atoms with Gasteiger partial charge in [-0.3, -0.25) is 0 Å². The first-order valence-corrected chi connectivity index (χ1v) is 6.37. The fraction of sp³-hybridized carbons (Fsp3) is 0.333. The summed E-state index contributed by atoms with van der Waals surface area (Å²) in [5.74, 6) is 0.652. The van der Waals surface area contributed by atoms with Crippen molar-refractivity contribution in [3.8, 4) is 11.4 Å². The lowest BCUT2D eigenvalue weighted by molar-refractivity contribution is 0.362. The van der Waals surface area contributed by atoms with Crippen LogP contribution in [0.2, 0.25) is 0 Å². The average Bonchev–Trinajstić information content (AvgIpc) is 2.79. The molecule has 0 aliphatic rings. The zero-order valence-corrected chi connectivity index (χ0v) is 11.7. The molecule has 0 unspecified atom stereocenters. The highest BCUT2D eigenvalue weighted by Gasteiger charge is 2.10. The zero-order chi connectivity index (χ0) is 13.1. The van der Waals surface area contributed by atoms with E-state index in [0.717, 1.165) is 0 Å². The van der Waals surface area contributed by atoms with Gasteiger partial charge in [-0.05, 0) is 34.1 Å². The van der Waals surface area contributed by atoms with Crippen molar-refractivity contribution in [2.45, 2.75) is 26.4 Å². The van der Waals surface area contributed by atoms with Crippen molar-refractivity contribution < 1.29 is 8.91 Å². The lowest BCUT2D eigenvalue weighted by Gasteiger charge is -2.02. The van der Waals surface area contributed by atoms with Crippen molar-refractivity contribution in [3.05, 3.63) is 34.4 Å². The molecule has 0 amide bonds. The quantitative estimate of drug-likeness (QED) is 0.942. The second-order valence-corrected chi connectivity index (χ2v) is 5.03. The Hall–Kier alpha value is -1.27. The van der Waals surface area contributed by atoms with Gasteiger partial charge in [-0.1, -0.05) is 19.0 Å². The number of rotatable bonds is 4. The fourth-order valence-corrected chi connectivity index (χ4v) is 1.75. The van der Waals surface area contributed by atoms with E-state index in [1.165, 1.54) is 6.07 Å². The molecule has 0 saturated carbocycles. The Morgan fingerprint density at radius 3 is 2.89 bits per heavy atom. The molecular formula is C12H13BrFN3O. The molecule has 0 saturated heterocycles. The summed E-state index contributed by atoms with van der Waals surface area (Å²) in [4.78, 5) is 4.24. The van der Waals surface area contributed by atoms with Crippen LogP contribution in [0.5, 0.6) is 0 Å². The second kappa shape index (κ2) is 5.58. The first-order chi connectivity index (χ1) is 8.56. The normalized spacial score (nSPS) is 11.2. The number of aromatic nitrogens is 2. The Labute approximate surface area is 113 Å². The molecule has 0 radical (unpaired) electrons. The summed E-state index contributed by atoms with van der Waals surface area (Å²) in [7, 11) is 0. The number of nitrogens with one attached hydrogen (secondary N) is 1. The molecule has 0 fully saturated rings. The molecule has 4 nitrogen and oxygen atoms in total. The highest BCUT2D eigenvalue weighted by Crippen LogP contribution is 2.23. The molecule has 1 aromatic heterocycles. The maximum Gasteiger partial charge on any atom is 0.240 e. The Balaban J connectivity index is 2.16. The Bertz CT molecular complexity index is 542. The summed E-state index contributed by atoms with van der Waals surface area (Å²) in [5, 5.41) is 7.05. The summed E-state index contributed by atoms with van der Waals surface area (Å²) in [5.41, 5.74) is 0.711. The van der Waals surface area contributed by atoms with Crippen molar-refractivity contribution >= 4 is 15.9 Å². The van der Waals surface area contributed by atoms with E-state index in [1.54, 1.807) is 12.1 Å². The summed E-state index contributed by atoms with van der Waals surface area (Å²) >= 11 is 3.13. The first-order valence-electron chi connectivity index (χ1n) is 5.57. The summed E-state index contributed by atoms with van der Waals surface area (Å²) < 4.78 is 18.6. The third-order valence-electron chi connectivity index (χ3n) is 2.31. The highest BCUT2D eigenvalue weighted by atomic mass is 79.9. The van der Waals surface area contributed by atoms with Crippen LogP contribution in [0.25, 0.3) is 11.4 Å². The first kappa shape index (κ1) is 13.2. The van der Waals surface area contributed by atoms with Crippen molar-refractivity contribution in [1.82, 2.24) is 15.5 Å². The SMILES string of the molecule is CC(C)NCc1nc(-c2ccc(F)c(Br)c2)no1. The molecule has 2 rings (SSSR count). The van der Waals surface area contributed by atoms with Crippen LogP contribution < -0.4 is 5.32 Å². The van der Waals surface area contributed by atoms with Gasteiger partial charge < -0.3 is 9.84 Å². The van der Waals surface area contributed by atoms with Crippen LogP contribution in [0, 0.1) is 5.82 Å². The van der Waals surface area contributed by atoms with Crippen molar-refractivity contribution in [3.63, 3.8) is 0 Å². The van der Waals surface area contributed by atoms with Gasteiger partial charge in [0.15, 0.2) is 0 Å². The molecule has 0 aliphatic heterocycles. The molecule has 1 N–H and O–H groups in total. The van der Waals surface area contributed by atoms with E-state index in [1.807, 2.05) is 13.8 Å². The minimum atomic E-state index is -0.316. The van der Waals surface area contributed by atoms with Crippen molar-refractivity contribution in [2.24, 2.45) is 0 Å². The van der Waals surface area contributed by atoms with E-state index >= 15 is 0 Å². The predicted octanol–water partition coefficient (Wildman–Crippen LogP) is 3.14. The largest absolute Gasteiger partial charge is 0.338 e. The van der Waals surface area contributed by atoms with Gasteiger partial charge in [0.1, 0.15) is 5.82 Å². The molecule has 1 heterocycles. The smallest absolute Gasteiger partial charge is 0.240 e. The Morgan fingerprint density at radius 1 is 1.44 bits per heavy atom. The van der Waals surface area contributed by atoms with Crippen LogP contribution in [-0.2, 0) is 6.54 Å². The minimum Gasteiger partial charge on any atom is -0.338 e. The van der Waals surface area contributed by atoms with Gasteiger partial charge in [-0.2, -0.15) is 4.98 Å². The number of hydrogen-bond acceptors (Lipinski definition) is 4. The van der Waals surface area contributed by atoms with E-state index in [4.69, 9.17) is 4.52 Å². The van der Waals surface area contributed by atoms with Crippen LogP contribution in [0.1, 0.15) is 19.7 Å². The molecule has 18 heavy (non-hydrogen) atoms. The number of halogens is 2. The molecule has 6 heteroatoms. The second-order valence-electron chi connectivity index (χ2n) is 4.18. The monoisotopic (exact) mass is 313 g/mol. The number of hydrogen-bond donors (Lipinski definition) is 1. The van der Waals surface area contributed by atoms with Crippen molar-refractivity contribution in [2.75, 3.05) is 0 Å². The fourth-order valence-electron chi connectivity index (χ4n) is 1.37. The van der Waals surface area contributed by atoms with Crippen LogP contribution in [0.3, 0.4) is 0 Å². The Kier molecular flexibility index (Phi) is 4.08.